The number of piperidine rings is 1. The number of carboxylic acids is 1. The van der Waals surface area contributed by atoms with E-state index in [1.54, 1.807) is 6.07 Å². The summed E-state index contributed by atoms with van der Waals surface area (Å²) in [5, 5.41) is 8.85. The minimum absolute atomic E-state index is 0.0285. The van der Waals surface area contributed by atoms with Crippen LogP contribution in [0.3, 0.4) is 0 Å². The van der Waals surface area contributed by atoms with Crippen molar-refractivity contribution in [3.63, 3.8) is 0 Å². The fourth-order valence-electron chi connectivity index (χ4n) is 2.52. The van der Waals surface area contributed by atoms with Crippen molar-refractivity contribution < 1.29 is 14.3 Å². The Morgan fingerprint density at radius 2 is 2.35 bits per heavy atom. The minimum Gasteiger partial charge on any atom is -0.475 e. The van der Waals surface area contributed by atoms with Crippen LogP contribution in [0, 0.1) is 0 Å². The number of anilines is 1. The molecule has 0 aliphatic carbocycles. The van der Waals surface area contributed by atoms with Gasteiger partial charge >= 0.3 is 5.97 Å². The van der Waals surface area contributed by atoms with Gasteiger partial charge in [0.2, 0.25) is 5.76 Å². The predicted molar refractivity (Wildman–Crippen MR) is 65.6 cm³/mol. The van der Waals surface area contributed by atoms with E-state index in [9.17, 15) is 4.79 Å². The molecule has 1 atom stereocenters. The molecule has 0 spiro atoms. The van der Waals surface area contributed by atoms with Crippen LogP contribution >= 0.6 is 0 Å². The lowest BCUT2D eigenvalue weighted by Crippen LogP contribution is -2.39. The highest BCUT2D eigenvalue weighted by molar-refractivity contribution is 5.84. The Morgan fingerprint density at radius 3 is 3.00 bits per heavy atom. The van der Waals surface area contributed by atoms with Gasteiger partial charge in [-0.25, -0.2) is 4.79 Å². The normalized spacial score (nSPS) is 20.5. The van der Waals surface area contributed by atoms with Gasteiger partial charge in [-0.3, -0.25) is 0 Å². The molecular weight excluding hydrogens is 218 g/mol. The van der Waals surface area contributed by atoms with Crippen molar-refractivity contribution in [2.24, 2.45) is 0 Å². The highest BCUT2D eigenvalue weighted by atomic mass is 16.4. The van der Waals surface area contributed by atoms with Crippen molar-refractivity contribution in [1.82, 2.24) is 0 Å². The van der Waals surface area contributed by atoms with Gasteiger partial charge in [-0.15, -0.1) is 0 Å². The molecule has 2 rings (SSSR count). The molecule has 4 nitrogen and oxygen atoms in total. The van der Waals surface area contributed by atoms with Crippen LogP contribution in [0.25, 0.3) is 0 Å². The van der Waals surface area contributed by atoms with Crippen molar-refractivity contribution in [3.8, 4) is 0 Å². The maximum atomic E-state index is 10.8. The Morgan fingerprint density at radius 1 is 1.53 bits per heavy atom. The van der Waals surface area contributed by atoms with Gasteiger partial charge in [0.25, 0.3) is 0 Å². The summed E-state index contributed by atoms with van der Waals surface area (Å²) in [6, 6.07) is 3.81. The number of hydrogen-bond donors (Lipinski definition) is 1. The quantitative estimate of drug-likeness (QED) is 0.874. The topological polar surface area (TPSA) is 53.7 Å². The third-order valence-electron chi connectivity index (χ3n) is 3.33. The van der Waals surface area contributed by atoms with Crippen LogP contribution in [-0.2, 0) is 0 Å². The lowest BCUT2D eigenvalue weighted by Gasteiger charge is -2.35. The Labute approximate surface area is 101 Å². The molecule has 94 valence electrons. The van der Waals surface area contributed by atoms with Gasteiger partial charge in [0, 0.05) is 18.7 Å². The molecule has 1 saturated heterocycles. The molecule has 0 saturated carbocycles. The Bertz CT molecular complexity index is 384. The summed E-state index contributed by atoms with van der Waals surface area (Å²) in [5.41, 5.74) is 0. The summed E-state index contributed by atoms with van der Waals surface area (Å²) in [6.45, 7) is 3.15. The van der Waals surface area contributed by atoms with Gasteiger partial charge in [-0.05, 0) is 31.7 Å². The van der Waals surface area contributed by atoms with Gasteiger partial charge in [0.1, 0.15) is 0 Å². The Kier molecular flexibility index (Phi) is 3.71. The number of carboxylic acid groups (broad SMARTS) is 1. The zero-order valence-electron chi connectivity index (χ0n) is 10.2. The van der Waals surface area contributed by atoms with Crippen molar-refractivity contribution in [1.29, 1.82) is 0 Å². The van der Waals surface area contributed by atoms with Crippen LogP contribution in [-0.4, -0.2) is 23.7 Å². The van der Waals surface area contributed by atoms with Crippen molar-refractivity contribution in [2.45, 2.75) is 45.1 Å². The van der Waals surface area contributed by atoms with E-state index in [0.29, 0.717) is 11.9 Å². The van der Waals surface area contributed by atoms with Crippen molar-refractivity contribution >= 4 is 11.9 Å². The third kappa shape index (κ3) is 2.62. The number of carbonyl (C=O) groups is 1. The molecule has 0 bridgehead atoms. The van der Waals surface area contributed by atoms with Crippen molar-refractivity contribution in [3.05, 3.63) is 17.9 Å². The average Bonchev–Trinajstić information content (AvgIpc) is 2.79. The van der Waals surface area contributed by atoms with E-state index in [-0.39, 0.29) is 5.76 Å². The fourth-order valence-corrected chi connectivity index (χ4v) is 2.52. The number of rotatable bonds is 4. The number of hydrogen-bond acceptors (Lipinski definition) is 3. The first-order valence-corrected chi connectivity index (χ1v) is 6.32. The largest absolute Gasteiger partial charge is 0.475 e. The molecule has 1 aromatic rings. The lowest BCUT2D eigenvalue weighted by atomic mass is 9.98. The standard InChI is InChI=1S/C13H19NO3/c1-2-5-10-6-3-4-9-14(10)12-8-7-11(17-12)13(15)16/h7-8,10H,2-6,9H2,1H3,(H,15,16). The van der Waals surface area contributed by atoms with E-state index in [1.807, 2.05) is 0 Å². The first kappa shape index (κ1) is 12.0. The second-order valence-corrected chi connectivity index (χ2v) is 4.57. The van der Waals surface area contributed by atoms with E-state index in [0.717, 1.165) is 25.8 Å². The smallest absolute Gasteiger partial charge is 0.371 e. The first-order chi connectivity index (χ1) is 8.22. The van der Waals surface area contributed by atoms with Crippen LogP contribution in [0.4, 0.5) is 5.88 Å². The molecule has 1 aliphatic rings. The molecule has 0 amide bonds. The molecule has 1 unspecified atom stereocenters. The molecule has 4 heteroatoms. The third-order valence-corrected chi connectivity index (χ3v) is 3.33. The summed E-state index contributed by atoms with van der Waals surface area (Å²) >= 11 is 0. The summed E-state index contributed by atoms with van der Waals surface area (Å²) in [4.78, 5) is 13.0. The zero-order chi connectivity index (χ0) is 12.3. The fraction of sp³-hybridized carbons (Fsp3) is 0.615. The SMILES string of the molecule is CCCC1CCCCN1c1ccc(C(=O)O)o1. The van der Waals surface area contributed by atoms with Crippen molar-refractivity contribution in [2.75, 3.05) is 11.4 Å². The second kappa shape index (κ2) is 5.25. The van der Waals surface area contributed by atoms with Gasteiger partial charge in [-0.2, -0.15) is 0 Å². The summed E-state index contributed by atoms with van der Waals surface area (Å²) in [7, 11) is 0. The average molecular weight is 237 g/mol. The Balaban J connectivity index is 2.14. The van der Waals surface area contributed by atoms with Crippen LogP contribution in [0.2, 0.25) is 0 Å². The van der Waals surface area contributed by atoms with Crippen LogP contribution in [0.15, 0.2) is 16.5 Å². The van der Waals surface area contributed by atoms with Crippen LogP contribution in [0.1, 0.15) is 49.6 Å². The lowest BCUT2D eigenvalue weighted by molar-refractivity contribution is 0.0663. The molecule has 1 aromatic heterocycles. The van der Waals surface area contributed by atoms with Gasteiger partial charge in [0.05, 0.1) is 0 Å². The molecule has 2 heterocycles. The maximum absolute atomic E-state index is 10.8. The van der Waals surface area contributed by atoms with E-state index < -0.39 is 5.97 Å². The van der Waals surface area contributed by atoms with Gasteiger partial charge < -0.3 is 14.4 Å². The predicted octanol–water partition coefficient (Wildman–Crippen LogP) is 3.14. The van der Waals surface area contributed by atoms with E-state index in [1.165, 1.54) is 18.9 Å². The molecule has 0 radical (unpaired) electrons. The summed E-state index contributed by atoms with van der Waals surface area (Å²) in [6.07, 6.45) is 5.88. The number of furan rings is 1. The molecule has 1 N–H and O–H groups in total. The van der Waals surface area contributed by atoms with Gasteiger partial charge in [-0.1, -0.05) is 13.3 Å². The highest BCUT2D eigenvalue weighted by Gasteiger charge is 2.24. The molecular formula is C13H19NO3. The monoisotopic (exact) mass is 237 g/mol. The molecule has 1 fully saturated rings. The van der Waals surface area contributed by atoms with E-state index in [4.69, 9.17) is 9.52 Å². The zero-order valence-corrected chi connectivity index (χ0v) is 10.2. The second-order valence-electron chi connectivity index (χ2n) is 4.57. The van der Waals surface area contributed by atoms with E-state index >= 15 is 0 Å². The van der Waals surface area contributed by atoms with Crippen LogP contribution < -0.4 is 4.90 Å². The first-order valence-electron chi connectivity index (χ1n) is 6.32. The summed E-state index contributed by atoms with van der Waals surface area (Å²) < 4.78 is 5.39. The Hall–Kier alpha value is -1.45. The molecule has 1 aliphatic heterocycles. The highest BCUT2D eigenvalue weighted by Crippen LogP contribution is 2.28. The maximum Gasteiger partial charge on any atom is 0.371 e. The minimum atomic E-state index is -1.000. The van der Waals surface area contributed by atoms with Crippen LogP contribution in [0.5, 0.6) is 0 Å². The molecule has 0 aromatic carbocycles. The number of nitrogens with zero attached hydrogens (tertiary/aromatic N) is 1. The molecule has 17 heavy (non-hydrogen) atoms. The number of aromatic carboxylic acids is 1. The van der Waals surface area contributed by atoms with Gasteiger partial charge in [0.15, 0.2) is 5.88 Å². The van der Waals surface area contributed by atoms with E-state index in [2.05, 4.69) is 11.8 Å². The summed E-state index contributed by atoms with van der Waals surface area (Å²) in [5.74, 6) is -0.262.